The smallest absolute Gasteiger partial charge is 0.0180 e. The Morgan fingerprint density at radius 2 is 1.93 bits per heavy atom. The lowest BCUT2D eigenvalue weighted by Crippen LogP contribution is -2.10. The molecule has 1 aliphatic carbocycles. The lowest BCUT2D eigenvalue weighted by molar-refractivity contribution is 0.458. The molecule has 0 aromatic heterocycles. The van der Waals surface area contributed by atoms with Gasteiger partial charge in [-0.25, -0.2) is 0 Å². The zero-order valence-corrected chi connectivity index (χ0v) is 9.58. The van der Waals surface area contributed by atoms with E-state index in [0.717, 1.165) is 5.92 Å². The summed E-state index contributed by atoms with van der Waals surface area (Å²) >= 11 is 0. The Morgan fingerprint density at radius 1 is 1.27 bits per heavy atom. The number of benzene rings is 1. The number of nitrogens with two attached hydrogens (primary N) is 1. The summed E-state index contributed by atoms with van der Waals surface area (Å²) in [6, 6.07) is 8.65. The van der Waals surface area contributed by atoms with Crippen molar-refractivity contribution >= 4 is 0 Å². The van der Waals surface area contributed by atoms with E-state index in [1.807, 2.05) is 0 Å². The first-order chi connectivity index (χ1) is 7.33. The second-order valence-corrected chi connectivity index (χ2v) is 4.74. The number of hydrogen-bond acceptors (Lipinski definition) is 1. The predicted octanol–water partition coefficient (Wildman–Crippen LogP) is 3.44. The van der Waals surface area contributed by atoms with Crippen molar-refractivity contribution in [1.82, 2.24) is 0 Å². The zero-order chi connectivity index (χ0) is 10.7. The minimum atomic E-state index is 0.674. The van der Waals surface area contributed by atoms with Crippen LogP contribution in [0.1, 0.15) is 49.7 Å². The predicted molar refractivity (Wildman–Crippen MR) is 64.7 cm³/mol. The van der Waals surface area contributed by atoms with Crippen molar-refractivity contribution in [1.29, 1.82) is 0 Å². The molecule has 1 aliphatic rings. The molecule has 0 bridgehead atoms. The van der Waals surface area contributed by atoms with Crippen molar-refractivity contribution in [3.05, 3.63) is 35.4 Å². The molecule has 1 atom stereocenters. The molecule has 15 heavy (non-hydrogen) atoms. The summed E-state index contributed by atoms with van der Waals surface area (Å²) in [5, 5.41) is 0. The van der Waals surface area contributed by atoms with E-state index in [9.17, 15) is 0 Å². The highest BCUT2D eigenvalue weighted by Gasteiger charge is 2.23. The standard InChI is InChI=1S/C14H21N/c1-11(12-6-2-3-7-12)14-9-5-4-8-13(14)10-15/h4-5,8-9,11-12H,2-3,6-7,10,15H2,1H3. The molecule has 0 radical (unpaired) electrons. The van der Waals surface area contributed by atoms with Crippen LogP contribution < -0.4 is 5.73 Å². The van der Waals surface area contributed by atoms with Crippen molar-refractivity contribution in [2.24, 2.45) is 11.7 Å². The van der Waals surface area contributed by atoms with Crippen molar-refractivity contribution in [2.75, 3.05) is 0 Å². The molecule has 0 spiro atoms. The lowest BCUT2D eigenvalue weighted by atomic mass is 9.84. The van der Waals surface area contributed by atoms with Crippen LogP contribution in [0.3, 0.4) is 0 Å². The van der Waals surface area contributed by atoms with Crippen LogP contribution in [0.25, 0.3) is 0 Å². The molecule has 0 aliphatic heterocycles. The van der Waals surface area contributed by atoms with Crippen molar-refractivity contribution in [3.63, 3.8) is 0 Å². The lowest BCUT2D eigenvalue weighted by Gasteiger charge is -2.21. The molecule has 1 nitrogen and oxygen atoms in total. The van der Waals surface area contributed by atoms with Gasteiger partial charge in [-0.1, -0.05) is 44.0 Å². The second-order valence-electron chi connectivity index (χ2n) is 4.74. The van der Waals surface area contributed by atoms with Crippen LogP contribution in [0.15, 0.2) is 24.3 Å². The Labute approximate surface area is 92.7 Å². The minimum absolute atomic E-state index is 0.674. The Bertz CT molecular complexity index is 313. The molecule has 1 saturated carbocycles. The average molecular weight is 203 g/mol. The zero-order valence-electron chi connectivity index (χ0n) is 9.58. The van der Waals surface area contributed by atoms with Gasteiger partial charge < -0.3 is 5.73 Å². The summed E-state index contributed by atoms with van der Waals surface area (Å²) in [6.45, 7) is 3.04. The van der Waals surface area contributed by atoms with E-state index in [-0.39, 0.29) is 0 Å². The highest BCUT2D eigenvalue weighted by molar-refractivity contribution is 5.30. The third-order valence-corrected chi connectivity index (χ3v) is 3.87. The van der Waals surface area contributed by atoms with Crippen molar-refractivity contribution < 1.29 is 0 Å². The SMILES string of the molecule is CC(c1ccccc1CN)C1CCCC1. The first-order valence-corrected chi connectivity index (χ1v) is 6.11. The van der Waals surface area contributed by atoms with Gasteiger partial charge in [-0.3, -0.25) is 0 Å². The average Bonchev–Trinajstić information content (AvgIpc) is 2.81. The van der Waals surface area contributed by atoms with Crippen molar-refractivity contribution in [3.8, 4) is 0 Å². The molecule has 0 heterocycles. The van der Waals surface area contributed by atoms with Crippen LogP contribution in [0.4, 0.5) is 0 Å². The molecule has 1 aromatic rings. The number of rotatable bonds is 3. The summed E-state index contributed by atoms with van der Waals surface area (Å²) in [5.41, 5.74) is 8.60. The van der Waals surface area contributed by atoms with Crippen LogP contribution in [-0.2, 0) is 6.54 Å². The summed E-state index contributed by atoms with van der Waals surface area (Å²) in [6.07, 6.45) is 5.64. The Kier molecular flexibility index (Phi) is 3.42. The molecule has 1 fully saturated rings. The molecule has 1 aromatic carbocycles. The monoisotopic (exact) mass is 203 g/mol. The molecule has 2 rings (SSSR count). The van der Waals surface area contributed by atoms with Gasteiger partial charge in [0.15, 0.2) is 0 Å². The quantitative estimate of drug-likeness (QED) is 0.800. The van der Waals surface area contributed by atoms with E-state index < -0.39 is 0 Å². The van der Waals surface area contributed by atoms with E-state index in [0.29, 0.717) is 12.5 Å². The van der Waals surface area contributed by atoms with Gasteiger partial charge in [0.05, 0.1) is 0 Å². The molecule has 1 unspecified atom stereocenters. The van der Waals surface area contributed by atoms with E-state index >= 15 is 0 Å². The largest absolute Gasteiger partial charge is 0.326 e. The van der Waals surface area contributed by atoms with E-state index in [4.69, 9.17) is 5.73 Å². The third kappa shape index (κ3) is 2.23. The maximum atomic E-state index is 5.79. The fourth-order valence-corrected chi connectivity index (χ4v) is 2.88. The molecule has 1 heteroatoms. The van der Waals surface area contributed by atoms with Crippen molar-refractivity contribution in [2.45, 2.75) is 45.1 Å². The molecular weight excluding hydrogens is 182 g/mol. The van der Waals surface area contributed by atoms with Gasteiger partial charge in [-0.2, -0.15) is 0 Å². The Hall–Kier alpha value is -0.820. The van der Waals surface area contributed by atoms with Gasteiger partial charge in [0, 0.05) is 6.54 Å². The van der Waals surface area contributed by atoms with E-state index in [2.05, 4.69) is 31.2 Å². The summed E-state index contributed by atoms with van der Waals surface area (Å²) < 4.78 is 0. The first-order valence-electron chi connectivity index (χ1n) is 6.11. The van der Waals surface area contributed by atoms with E-state index in [1.54, 1.807) is 0 Å². The molecular formula is C14H21N. The summed E-state index contributed by atoms with van der Waals surface area (Å²) in [5.74, 6) is 1.57. The van der Waals surface area contributed by atoms with Crippen LogP contribution in [0.2, 0.25) is 0 Å². The fourth-order valence-electron chi connectivity index (χ4n) is 2.88. The van der Waals surface area contributed by atoms with Gasteiger partial charge in [0.2, 0.25) is 0 Å². The van der Waals surface area contributed by atoms with Crippen LogP contribution >= 0.6 is 0 Å². The van der Waals surface area contributed by atoms with Gasteiger partial charge in [0.1, 0.15) is 0 Å². The number of hydrogen-bond donors (Lipinski definition) is 1. The third-order valence-electron chi connectivity index (χ3n) is 3.87. The van der Waals surface area contributed by atoms with Crippen LogP contribution in [0.5, 0.6) is 0 Å². The fraction of sp³-hybridized carbons (Fsp3) is 0.571. The molecule has 2 N–H and O–H groups in total. The van der Waals surface area contributed by atoms with Gasteiger partial charge in [0.25, 0.3) is 0 Å². The summed E-state index contributed by atoms with van der Waals surface area (Å²) in [4.78, 5) is 0. The molecule has 82 valence electrons. The summed E-state index contributed by atoms with van der Waals surface area (Å²) in [7, 11) is 0. The maximum Gasteiger partial charge on any atom is 0.0180 e. The maximum absolute atomic E-state index is 5.79. The van der Waals surface area contributed by atoms with Gasteiger partial charge in [-0.15, -0.1) is 0 Å². The Balaban J connectivity index is 2.19. The van der Waals surface area contributed by atoms with Gasteiger partial charge in [-0.05, 0) is 35.8 Å². The second kappa shape index (κ2) is 4.80. The van der Waals surface area contributed by atoms with E-state index in [1.165, 1.54) is 36.8 Å². The Morgan fingerprint density at radius 3 is 2.60 bits per heavy atom. The highest BCUT2D eigenvalue weighted by Crippen LogP contribution is 2.37. The van der Waals surface area contributed by atoms with Crippen LogP contribution in [-0.4, -0.2) is 0 Å². The normalized spacial score (nSPS) is 19.3. The molecule has 0 saturated heterocycles. The minimum Gasteiger partial charge on any atom is -0.326 e. The highest BCUT2D eigenvalue weighted by atomic mass is 14.5. The first kappa shape index (κ1) is 10.7. The molecule has 0 amide bonds. The van der Waals surface area contributed by atoms with Crippen LogP contribution in [0, 0.1) is 5.92 Å². The van der Waals surface area contributed by atoms with Gasteiger partial charge >= 0.3 is 0 Å². The topological polar surface area (TPSA) is 26.0 Å².